The van der Waals surface area contributed by atoms with Gasteiger partial charge in [0, 0.05) is 6.54 Å². The van der Waals surface area contributed by atoms with Gasteiger partial charge in [-0.05, 0) is 18.1 Å². The maximum Gasteiger partial charge on any atom is 0.227 e. The molecule has 1 aliphatic heterocycles. The van der Waals surface area contributed by atoms with Crippen molar-refractivity contribution in [1.82, 2.24) is 4.90 Å². The third-order valence-electron chi connectivity index (χ3n) is 4.30. The lowest BCUT2D eigenvalue weighted by atomic mass is 10.1. The number of carbonyl (C=O) groups excluding carboxylic acids is 1. The molecule has 3 rings (SSSR count). The second-order valence-corrected chi connectivity index (χ2v) is 6.05. The van der Waals surface area contributed by atoms with E-state index < -0.39 is 11.8 Å². The number of amides is 1. The van der Waals surface area contributed by atoms with E-state index in [1.165, 1.54) is 4.90 Å². The number of hydrogen-bond acceptors (Lipinski definition) is 3. The van der Waals surface area contributed by atoms with Gasteiger partial charge in [-0.1, -0.05) is 60.7 Å². The lowest BCUT2D eigenvalue weighted by molar-refractivity contribution is -0.165. The van der Waals surface area contributed by atoms with Crippen LogP contribution in [0.25, 0.3) is 0 Å². The molecular weight excluding hydrogens is 290 g/mol. The minimum absolute atomic E-state index is 0.0862. The number of carbonyl (C=O) groups is 1. The number of aliphatic hydroxyl groups is 1. The second kappa shape index (κ2) is 6.52. The molecule has 1 aliphatic rings. The van der Waals surface area contributed by atoms with Gasteiger partial charge in [-0.25, -0.2) is 0 Å². The number of benzene rings is 2. The predicted molar refractivity (Wildman–Crippen MR) is 87.3 cm³/mol. The zero-order chi connectivity index (χ0) is 16.3. The topological polar surface area (TPSA) is 49.8 Å². The van der Waals surface area contributed by atoms with Crippen LogP contribution in [0.5, 0.6) is 0 Å². The van der Waals surface area contributed by atoms with Crippen LogP contribution in [0.1, 0.15) is 24.5 Å². The van der Waals surface area contributed by atoms with E-state index in [0.717, 1.165) is 11.1 Å². The summed E-state index contributed by atoms with van der Waals surface area (Å²) in [4.78, 5) is 13.8. The molecule has 0 spiro atoms. The number of ether oxygens (including phenoxy) is 1. The van der Waals surface area contributed by atoms with Crippen LogP contribution >= 0.6 is 0 Å². The summed E-state index contributed by atoms with van der Waals surface area (Å²) < 4.78 is 5.83. The van der Waals surface area contributed by atoms with E-state index in [-0.39, 0.29) is 12.3 Å². The van der Waals surface area contributed by atoms with Crippen LogP contribution in [0.4, 0.5) is 0 Å². The lowest BCUT2D eigenvalue weighted by Gasteiger charge is -2.34. The maximum absolute atomic E-state index is 12.3. The first-order chi connectivity index (χ1) is 11.1. The van der Waals surface area contributed by atoms with Crippen molar-refractivity contribution < 1.29 is 14.6 Å². The van der Waals surface area contributed by atoms with Crippen LogP contribution in [0.2, 0.25) is 0 Å². The van der Waals surface area contributed by atoms with Crippen LogP contribution in [0, 0.1) is 0 Å². The van der Waals surface area contributed by atoms with Gasteiger partial charge in [0.25, 0.3) is 0 Å². The summed E-state index contributed by atoms with van der Waals surface area (Å²) in [6.07, 6.45) is -0.328. The molecule has 0 aromatic heterocycles. The Labute approximate surface area is 136 Å². The molecule has 1 unspecified atom stereocenters. The molecule has 1 N–H and O–H groups in total. The van der Waals surface area contributed by atoms with E-state index in [1.54, 1.807) is 6.92 Å². The minimum atomic E-state index is -1.30. The van der Waals surface area contributed by atoms with Crippen molar-refractivity contribution in [3.63, 3.8) is 0 Å². The first-order valence-corrected chi connectivity index (χ1v) is 7.79. The smallest absolute Gasteiger partial charge is 0.227 e. The average molecular weight is 311 g/mol. The van der Waals surface area contributed by atoms with Crippen molar-refractivity contribution in [3.05, 3.63) is 71.8 Å². The highest BCUT2D eigenvalue weighted by Gasteiger charge is 2.49. The number of nitrogens with zero attached hydrogens (tertiary/aromatic N) is 1. The molecule has 1 amide bonds. The summed E-state index contributed by atoms with van der Waals surface area (Å²) >= 11 is 0. The molecule has 4 heteroatoms. The van der Waals surface area contributed by atoms with E-state index in [0.29, 0.717) is 13.2 Å². The number of likely N-dealkylation sites (tertiary alicyclic amines) is 1. The van der Waals surface area contributed by atoms with E-state index >= 15 is 0 Å². The molecule has 120 valence electrons. The van der Waals surface area contributed by atoms with E-state index in [2.05, 4.69) is 0 Å². The summed E-state index contributed by atoms with van der Waals surface area (Å²) in [6, 6.07) is 19.4. The van der Waals surface area contributed by atoms with Crippen LogP contribution < -0.4 is 0 Å². The normalized spacial score (nSPS) is 24.2. The van der Waals surface area contributed by atoms with Gasteiger partial charge in [-0.3, -0.25) is 4.79 Å². The van der Waals surface area contributed by atoms with Crippen LogP contribution in [-0.4, -0.2) is 27.7 Å². The molecule has 0 aliphatic carbocycles. The van der Waals surface area contributed by atoms with Gasteiger partial charge in [0.05, 0.1) is 13.0 Å². The molecule has 1 heterocycles. The molecular formula is C19H21NO3. The summed E-state index contributed by atoms with van der Waals surface area (Å²) in [5.74, 6) is -0.0862. The standard InChI is InChI=1S/C19H21NO3/c1-19(22)17(23-14-16-10-6-3-7-11-16)12-18(21)20(19)13-15-8-4-2-5-9-15/h2-11,17,22H,12-14H2,1H3/t17-,19?/m1/s1. The van der Waals surface area contributed by atoms with Crippen LogP contribution in [0.15, 0.2) is 60.7 Å². The summed E-state index contributed by atoms with van der Waals surface area (Å²) in [5.41, 5.74) is 0.712. The Kier molecular flexibility index (Phi) is 4.46. The Morgan fingerprint density at radius 3 is 2.26 bits per heavy atom. The zero-order valence-corrected chi connectivity index (χ0v) is 13.2. The molecule has 4 nitrogen and oxygen atoms in total. The third kappa shape index (κ3) is 3.44. The van der Waals surface area contributed by atoms with Crippen molar-refractivity contribution in [3.8, 4) is 0 Å². The Morgan fingerprint density at radius 1 is 1.09 bits per heavy atom. The van der Waals surface area contributed by atoms with Gasteiger partial charge in [-0.2, -0.15) is 0 Å². The molecule has 1 fully saturated rings. The van der Waals surface area contributed by atoms with Crippen molar-refractivity contribution in [1.29, 1.82) is 0 Å². The van der Waals surface area contributed by atoms with Crippen molar-refractivity contribution in [2.24, 2.45) is 0 Å². The monoisotopic (exact) mass is 311 g/mol. The molecule has 2 atom stereocenters. The van der Waals surface area contributed by atoms with Gasteiger partial charge < -0.3 is 14.7 Å². The van der Waals surface area contributed by atoms with Crippen molar-refractivity contribution >= 4 is 5.91 Å². The fourth-order valence-electron chi connectivity index (χ4n) is 2.89. The largest absolute Gasteiger partial charge is 0.368 e. The lowest BCUT2D eigenvalue weighted by Crippen LogP contribution is -2.49. The Bertz CT molecular complexity index is 655. The quantitative estimate of drug-likeness (QED) is 0.923. The fourth-order valence-corrected chi connectivity index (χ4v) is 2.89. The van der Waals surface area contributed by atoms with Gasteiger partial charge >= 0.3 is 0 Å². The maximum atomic E-state index is 12.3. The van der Waals surface area contributed by atoms with E-state index in [9.17, 15) is 9.90 Å². The molecule has 2 aromatic carbocycles. The third-order valence-corrected chi connectivity index (χ3v) is 4.30. The average Bonchev–Trinajstić information content (AvgIpc) is 2.78. The molecule has 0 bridgehead atoms. The van der Waals surface area contributed by atoms with E-state index in [1.807, 2.05) is 60.7 Å². The first kappa shape index (κ1) is 15.7. The summed E-state index contributed by atoms with van der Waals surface area (Å²) in [6.45, 7) is 2.42. The van der Waals surface area contributed by atoms with Gasteiger partial charge in [-0.15, -0.1) is 0 Å². The molecule has 0 saturated carbocycles. The highest BCUT2D eigenvalue weighted by Crippen LogP contribution is 2.32. The summed E-state index contributed by atoms with van der Waals surface area (Å²) in [7, 11) is 0. The van der Waals surface area contributed by atoms with Crippen molar-refractivity contribution in [2.75, 3.05) is 0 Å². The predicted octanol–water partition coefficient (Wildman–Crippen LogP) is 2.71. The zero-order valence-electron chi connectivity index (χ0n) is 13.2. The second-order valence-electron chi connectivity index (χ2n) is 6.05. The molecule has 0 radical (unpaired) electrons. The Morgan fingerprint density at radius 2 is 1.65 bits per heavy atom. The van der Waals surface area contributed by atoms with Gasteiger partial charge in [0.2, 0.25) is 5.91 Å². The Hall–Kier alpha value is -2.17. The molecule has 23 heavy (non-hydrogen) atoms. The minimum Gasteiger partial charge on any atom is -0.368 e. The van der Waals surface area contributed by atoms with Gasteiger partial charge in [0.1, 0.15) is 6.10 Å². The first-order valence-electron chi connectivity index (χ1n) is 7.79. The van der Waals surface area contributed by atoms with Gasteiger partial charge in [0.15, 0.2) is 5.72 Å². The SMILES string of the molecule is CC1(O)[C@H](OCc2ccccc2)CC(=O)N1Cc1ccccc1. The fraction of sp³-hybridized carbons (Fsp3) is 0.316. The number of rotatable bonds is 5. The van der Waals surface area contributed by atoms with Crippen LogP contribution in [-0.2, 0) is 22.7 Å². The van der Waals surface area contributed by atoms with Crippen molar-refractivity contribution in [2.45, 2.75) is 38.3 Å². The van der Waals surface area contributed by atoms with E-state index in [4.69, 9.17) is 4.74 Å². The molecule has 2 aromatic rings. The molecule has 1 saturated heterocycles. The Balaban J connectivity index is 1.68. The summed E-state index contributed by atoms with van der Waals surface area (Å²) in [5, 5.41) is 10.8. The van der Waals surface area contributed by atoms with Crippen LogP contribution in [0.3, 0.4) is 0 Å². The highest BCUT2D eigenvalue weighted by molar-refractivity contribution is 5.80. The number of hydrogen-bond donors (Lipinski definition) is 1. The highest BCUT2D eigenvalue weighted by atomic mass is 16.5.